The molecule has 0 aliphatic carbocycles. The van der Waals surface area contributed by atoms with Gasteiger partial charge in [0.25, 0.3) is 5.91 Å². The Morgan fingerprint density at radius 1 is 1.33 bits per heavy atom. The first kappa shape index (κ1) is 16.0. The van der Waals surface area contributed by atoms with Crippen molar-refractivity contribution in [1.82, 2.24) is 5.43 Å². The van der Waals surface area contributed by atoms with Crippen LogP contribution in [0.3, 0.4) is 0 Å². The summed E-state index contributed by atoms with van der Waals surface area (Å²) in [5, 5.41) is 13.8. The third-order valence-corrected chi connectivity index (χ3v) is 4.02. The molecule has 2 N–H and O–H groups in total. The normalized spacial score (nSPS) is 10.8. The lowest BCUT2D eigenvalue weighted by atomic mass is 10.1. The summed E-state index contributed by atoms with van der Waals surface area (Å²) in [5.74, 6) is -0.164. The predicted molar refractivity (Wildman–Crippen MR) is 94.8 cm³/mol. The zero-order chi connectivity index (χ0) is 15.4. The molecule has 0 saturated heterocycles. The molecule has 0 spiro atoms. The van der Waals surface area contributed by atoms with Crippen molar-refractivity contribution >= 4 is 50.6 Å². The second-order valence-electron chi connectivity index (χ2n) is 4.39. The predicted octanol–water partition coefficient (Wildman–Crippen LogP) is 3.83. The lowest BCUT2D eigenvalue weighted by molar-refractivity contribution is 0.0955. The number of hydrazone groups is 1. The van der Waals surface area contributed by atoms with Gasteiger partial charge in [-0.25, -0.2) is 5.43 Å². The molecule has 0 bridgehead atoms. The maximum atomic E-state index is 11.9. The monoisotopic (exact) mass is 458 g/mol. The minimum Gasteiger partial charge on any atom is -0.506 e. The van der Waals surface area contributed by atoms with Crippen molar-refractivity contribution in [2.45, 2.75) is 6.92 Å². The molecule has 0 unspecified atom stereocenters. The largest absolute Gasteiger partial charge is 0.506 e. The second-order valence-corrected chi connectivity index (χ2v) is 6.47. The third kappa shape index (κ3) is 4.28. The van der Waals surface area contributed by atoms with Gasteiger partial charge in [0, 0.05) is 15.6 Å². The van der Waals surface area contributed by atoms with E-state index in [9.17, 15) is 9.90 Å². The molecule has 108 valence electrons. The number of carbonyl (C=O) groups excluding carboxylic acids is 1. The van der Waals surface area contributed by atoms with Crippen LogP contribution < -0.4 is 5.43 Å². The van der Waals surface area contributed by atoms with E-state index in [1.54, 1.807) is 24.3 Å². The lowest BCUT2D eigenvalue weighted by Crippen LogP contribution is -2.17. The Morgan fingerprint density at radius 3 is 2.67 bits per heavy atom. The van der Waals surface area contributed by atoms with E-state index in [1.165, 1.54) is 6.21 Å². The quantitative estimate of drug-likeness (QED) is 0.417. The Morgan fingerprint density at radius 2 is 2.00 bits per heavy atom. The van der Waals surface area contributed by atoms with Crippen LogP contribution >= 0.6 is 38.5 Å². The minimum atomic E-state index is -0.296. The number of nitrogens with one attached hydrogen (secondary N) is 1. The molecule has 2 rings (SSSR count). The van der Waals surface area contributed by atoms with Gasteiger partial charge in [0.2, 0.25) is 0 Å². The highest BCUT2D eigenvalue weighted by atomic mass is 127. The number of rotatable bonds is 3. The van der Waals surface area contributed by atoms with Gasteiger partial charge >= 0.3 is 0 Å². The number of aryl methyl sites for hydroxylation is 1. The number of halogens is 2. The molecule has 21 heavy (non-hydrogen) atoms. The van der Waals surface area contributed by atoms with Gasteiger partial charge in [-0.2, -0.15) is 5.10 Å². The van der Waals surface area contributed by atoms with E-state index in [1.807, 2.05) is 41.6 Å². The zero-order valence-corrected chi connectivity index (χ0v) is 14.8. The molecule has 0 aliphatic heterocycles. The van der Waals surface area contributed by atoms with Crippen LogP contribution in [0, 0.1) is 10.5 Å². The fourth-order valence-electron chi connectivity index (χ4n) is 1.61. The van der Waals surface area contributed by atoms with Crippen LogP contribution in [0.2, 0.25) is 0 Å². The average Bonchev–Trinajstić information content (AvgIpc) is 2.44. The number of carbonyl (C=O) groups is 1. The zero-order valence-electron chi connectivity index (χ0n) is 11.1. The number of amides is 1. The Kier molecular flexibility index (Phi) is 5.35. The van der Waals surface area contributed by atoms with Crippen LogP contribution in [0.15, 0.2) is 46.0 Å². The average molecular weight is 459 g/mol. The summed E-state index contributed by atoms with van der Waals surface area (Å²) in [7, 11) is 0. The Balaban J connectivity index is 2.09. The summed E-state index contributed by atoms with van der Waals surface area (Å²) in [6.07, 6.45) is 1.41. The molecule has 0 radical (unpaired) electrons. The molecule has 0 atom stereocenters. The topological polar surface area (TPSA) is 61.7 Å². The molecule has 1 amide bonds. The number of phenols is 1. The van der Waals surface area contributed by atoms with E-state index in [0.717, 1.165) is 10.0 Å². The number of hydrogen-bond acceptors (Lipinski definition) is 3. The highest BCUT2D eigenvalue weighted by molar-refractivity contribution is 14.1. The van der Waals surface area contributed by atoms with E-state index in [-0.39, 0.29) is 11.7 Å². The van der Waals surface area contributed by atoms with Gasteiger partial charge < -0.3 is 5.11 Å². The van der Waals surface area contributed by atoms with Crippen molar-refractivity contribution < 1.29 is 9.90 Å². The van der Waals surface area contributed by atoms with Crippen LogP contribution in [-0.4, -0.2) is 17.2 Å². The standard InChI is InChI=1S/C15H12BrIN2O2/c1-9-2-4-10(5-3-9)15(21)19-18-8-11-6-12(16)7-13(17)14(11)20/h2-8,20H,1H3,(H,19,21)/b18-8+. The molecular weight excluding hydrogens is 447 g/mol. The highest BCUT2D eigenvalue weighted by Crippen LogP contribution is 2.27. The van der Waals surface area contributed by atoms with Gasteiger partial charge in [-0.05, 0) is 53.8 Å². The van der Waals surface area contributed by atoms with Gasteiger partial charge in [-0.15, -0.1) is 0 Å². The first-order valence-electron chi connectivity index (χ1n) is 6.05. The summed E-state index contributed by atoms with van der Waals surface area (Å²) < 4.78 is 1.53. The number of aromatic hydroxyl groups is 1. The van der Waals surface area contributed by atoms with E-state index in [4.69, 9.17) is 0 Å². The van der Waals surface area contributed by atoms with Crippen molar-refractivity contribution in [1.29, 1.82) is 0 Å². The van der Waals surface area contributed by atoms with Crippen LogP contribution in [0.5, 0.6) is 5.75 Å². The van der Waals surface area contributed by atoms with Crippen LogP contribution in [0.1, 0.15) is 21.5 Å². The fourth-order valence-corrected chi connectivity index (χ4v) is 3.16. The van der Waals surface area contributed by atoms with E-state index >= 15 is 0 Å². The van der Waals surface area contributed by atoms with Crippen molar-refractivity contribution in [3.05, 3.63) is 61.1 Å². The van der Waals surface area contributed by atoms with Crippen molar-refractivity contribution in [3.63, 3.8) is 0 Å². The molecular formula is C15H12BrIN2O2. The van der Waals surface area contributed by atoms with Crippen molar-refractivity contribution in [2.75, 3.05) is 0 Å². The second kappa shape index (κ2) is 7.04. The molecule has 0 saturated carbocycles. The minimum absolute atomic E-state index is 0.132. The molecule has 0 aliphatic rings. The van der Waals surface area contributed by atoms with Crippen LogP contribution in [-0.2, 0) is 0 Å². The number of hydrogen-bond donors (Lipinski definition) is 2. The Hall–Kier alpha value is -1.41. The lowest BCUT2D eigenvalue weighted by Gasteiger charge is -2.03. The summed E-state index contributed by atoms with van der Waals surface area (Å²) in [4.78, 5) is 11.9. The molecule has 0 aromatic heterocycles. The van der Waals surface area contributed by atoms with Crippen molar-refractivity contribution in [2.24, 2.45) is 5.10 Å². The number of nitrogens with zero attached hydrogens (tertiary/aromatic N) is 1. The third-order valence-electron chi connectivity index (χ3n) is 2.74. The maximum Gasteiger partial charge on any atom is 0.271 e. The molecule has 4 nitrogen and oxygen atoms in total. The van der Waals surface area contributed by atoms with Gasteiger partial charge in [-0.1, -0.05) is 33.6 Å². The number of phenolic OH excluding ortho intramolecular Hbond substituents is 1. The van der Waals surface area contributed by atoms with Gasteiger partial charge in [0.15, 0.2) is 0 Å². The summed E-state index contributed by atoms with van der Waals surface area (Å²) >= 11 is 5.37. The highest BCUT2D eigenvalue weighted by Gasteiger charge is 2.06. The molecule has 2 aromatic carbocycles. The molecule has 2 aromatic rings. The first-order chi connectivity index (χ1) is 9.97. The fraction of sp³-hybridized carbons (Fsp3) is 0.0667. The number of benzene rings is 2. The van der Waals surface area contributed by atoms with E-state index in [2.05, 4.69) is 26.5 Å². The Bertz CT molecular complexity index is 700. The molecule has 0 heterocycles. The van der Waals surface area contributed by atoms with Gasteiger partial charge in [0.05, 0.1) is 9.78 Å². The Labute approximate surface area is 144 Å². The summed E-state index contributed by atoms with van der Waals surface area (Å²) in [6, 6.07) is 10.7. The summed E-state index contributed by atoms with van der Waals surface area (Å²) in [6.45, 7) is 1.96. The first-order valence-corrected chi connectivity index (χ1v) is 7.92. The smallest absolute Gasteiger partial charge is 0.271 e. The molecule has 6 heteroatoms. The van der Waals surface area contributed by atoms with E-state index in [0.29, 0.717) is 14.7 Å². The van der Waals surface area contributed by atoms with Crippen molar-refractivity contribution in [3.8, 4) is 5.75 Å². The SMILES string of the molecule is Cc1ccc(C(=O)N/N=C/c2cc(Br)cc(I)c2O)cc1. The van der Waals surface area contributed by atoms with E-state index < -0.39 is 0 Å². The van der Waals surface area contributed by atoms with Gasteiger partial charge in [-0.3, -0.25) is 4.79 Å². The van der Waals surface area contributed by atoms with Gasteiger partial charge in [0.1, 0.15) is 5.75 Å². The molecule has 0 fully saturated rings. The maximum absolute atomic E-state index is 11.9. The van der Waals surface area contributed by atoms with Crippen LogP contribution in [0.25, 0.3) is 0 Å². The summed E-state index contributed by atoms with van der Waals surface area (Å²) in [5.41, 5.74) is 4.58. The van der Waals surface area contributed by atoms with Crippen LogP contribution in [0.4, 0.5) is 0 Å².